The van der Waals surface area contributed by atoms with Gasteiger partial charge in [-0.2, -0.15) is 0 Å². The topological polar surface area (TPSA) is 83.5 Å². The van der Waals surface area contributed by atoms with Gasteiger partial charge >= 0.3 is 5.97 Å². The molecule has 0 spiro atoms. The zero-order valence-corrected chi connectivity index (χ0v) is 14.3. The Balaban J connectivity index is 2.42. The minimum atomic E-state index is -3.80. The minimum Gasteiger partial charge on any atom is -0.478 e. The van der Waals surface area contributed by atoms with Crippen LogP contribution in [0.1, 0.15) is 21.5 Å². The molecule has 2 aromatic carbocycles. The van der Waals surface area contributed by atoms with Gasteiger partial charge in [-0.1, -0.05) is 28.1 Å². The fourth-order valence-electron chi connectivity index (χ4n) is 2.02. The molecule has 0 atom stereocenters. The largest absolute Gasteiger partial charge is 0.478 e. The molecule has 2 aromatic rings. The fourth-order valence-corrected chi connectivity index (χ4v) is 3.82. The standard InChI is InChI=1S/C15H14BrNO4S/c1-9-6-10(2)14(8-13(9)16)22(20,21)17-12-5-3-4-11(7-12)15(18)19/h3-8,17H,1-2H3,(H,18,19). The van der Waals surface area contributed by atoms with Crippen LogP contribution in [-0.4, -0.2) is 19.5 Å². The number of aromatic carboxylic acids is 1. The number of rotatable bonds is 4. The van der Waals surface area contributed by atoms with Gasteiger partial charge in [-0.05, 0) is 49.2 Å². The molecule has 0 aromatic heterocycles. The van der Waals surface area contributed by atoms with Crippen LogP contribution in [0.5, 0.6) is 0 Å². The molecule has 7 heteroatoms. The first-order valence-corrected chi connectivity index (χ1v) is 8.61. The molecule has 0 radical (unpaired) electrons. The second kappa shape index (κ2) is 6.10. The van der Waals surface area contributed by atoms with E-state index in [0.717, 1.165) is 5.56 Å². The molecule has 0 fully saturated rings. The molecule has 22 heavy (non-hydrogen) atoms. The van der Waals surface area contributed by atoms with Gasteiger partial charge in [-0.15, -0.1) is 0 Å². The van der Waals surface area contributed by atoms with E-state index < -0.39 is 16.0 Å². The van der Waals surface area contributed by atoms with Crippen molar-refractivity contribution in [1.29, 1.82) is 0 Å². The predicted octanol–water partition coefficient (Wildman–Crippen LogP) is 3.56. The summed E-state index contributed by atoms with van der Waals surface area (Å²) in [5.74, 6) is -1.12. The van der Waals surface area contributed by atoms with Gasteiger partial charge in [0.25, 0.3) is 10.0 Å². The quantitative estimate of drug-likeness (QED) is 0.844. The van der Waals surface area contributed by atoms with Gasteiger partial charge in [-0.25, -0.2) is 13.2 Å². The maximum atomic E-state index is 12.5. The van der Waals surface area contributed by atoms with E-state index in [1.54, 1.807) is 13.0 Å². The molecular weight excluding hydrogens is 370 g/mol. The van der Waals surface area contributed by atoms with E-state index in [1.807, 2.05) is 6.92 Å². The van der Waals surface area contributed by atoms with E-state index in [9.17, 15) is 13.2 Å². The molecule has 0 aliphatic heterocycles. The van der Waals surface area contributed by atoms with Crippen molar-refractivity contribution < 1.29 is 18.3 Å². The van der Waals surface area contributed by atoms with E-state index in [0.29, 0.717) is 10.0 Å². The van der Waals surface area contributed by atoms with E-state index in [2.05, 4.69) is 20.7 Å². The Morgan fingerprint density at radius 3 is 2.45 bits per heavy atom. The Hall–Kier alpha value is -1.86. The van der Waals surface area contributed by atoms with Crippen LogP contribution in [0.15, 0.2) is 45.8 Å². The molecule has 2 N–H and O–H groups in total. The Kier molecular flexibility index (Phi) is 4.58. The summed E-state index contributed by atoms with van der Waals surface area (Å²) in [4.78, 5) is 11.1. The molecule has 0 amide bonds. The number of hydrogen-bond acceptors (Lipinski definition) is 3. The highest BCUT2D eigenvalue weighted by atomic mass is 79.9. The monoisotopic (exact) mass is 383 g/mol. The maximum Gasteiger partial charge on any atom is 0.335 e. The summed E-state index contributed by atoms with van der Waals surface area (Å²) in [6, 6.07) is 8.97. The van der Waals surface area contributed by atoms with Crippen LogP contribution in [0.2, 0.25) is 0 Å². The van der Waals surface area contributed by atoms with Crippen molar-refractivity contribution in [2.24, 2.45) is 0 Å². The Morgan fingerprint density at radius 2 is 1.82 bits per heavy atom. The smallest absolute Gasteiger partial charge is 0.335 e. The van der Waals surface area contributed by atoms with Crippen molar-refractivity contribution in [2.45, 2.75) is 18.7 Å². The van der Waals surface area contributed by atoms with E-state index in [4.69, 9.17) is 5.11 Å². The van der Waals surface area contributed by atoms with Crippen LogP contribution in [0.4, 0.5) is 5.69 Å². The van der Waals surface area contributed by atoms with Crippen LogP contribution in [0, 0.1) is 13.8 Å². The van der Waals surface area contributed by atoms with Crippen LogP contribution in [0.25, 0.3) is 0 Å². The molecular formula is C15H14BrNO4S. The van der Waals surface area contributed by atoms with Crippen molar-refractivity contribution in [3.63, 3.8) is 0 Å². The number of anilines is 1. The van der Waals surface area contributed by atoms with E-state index in [-0.39, 0.29) is 16.1 Å². The highest BCUT2D eigenvalue weighted by Crippen LogP contribution is 2.26. The minimum absolute atomic E-state index is 0.0157. The van der Waals surface area contributed by atoms with Gasteiger partial charge in [0.2, 0.25) is 0 Å². The van der Waals surface area contributed by atoms with Gasteiger partial charge in [0.15, 0.2) is 0 Å². The molecule has 0 aliphatic rings. The SMILES string of the molecule is Cc1cc(C)c(S(=O)(=O)Nc2cccc(C(=O)O)c2)cc1Br. The first kappa shape index (κ1) is 16.5. The molecule has 0 bridgehead atoms. The molecule has 0 unspecified atom stereocenters. The van der Waals surface area contributed by atoms with Gasteiger partial charge in [0.05, 0.1) is 10.5 Å². The van der Waals surface area contributed by atoms with E-state index >= 15 is 0 Å². The number of hydrogen-bond donors (Lipinski definition) is 2. The Labute approximate surface area is 137 Å². The zero-order valence-electron chi connectivity index (χ0n) is 11.9. The van der Waals surface area contributed by atoms with Crippen LogP contribution in [0.3, 0.4) is 0 Å². The average molecular weight is 384 g/mol. The molecule has 0 heterocycles. The molecule has 116 valence electrons. The number of nitrogens with one attached hydrogen (secondary N) is 1. The number of benzene rings is 2. The van der Waals surface area contributed by atoms with Gasteiger partial charge in [0.1, 0.15) is 0 Å². The molecule has 0 aliphatic carbocycles. The lowest BCUT2D eigenvalue weighted by atomic mass is 10.2. The first-order valence-electron chi connectivity index (χ1n) is 6.33. The summed E-state index contributed by atoms with van der Waals surface area (Å²) in [6.07, 6.45) is 0. The second-order valence-electron chi connectivity index (χ2n) is 4.86. The van der Waals surface area contributed by atoms with Crippen molar-refractivity contribution in [1.82, 2.24) is 0 Å². The second-order valence-corrected chi connectivity index (χ2v) is 7.36. The average Bonchev–Trinajstić information content (AvgIpc) is 2.42. The highest BCUT2D eigenvalue weighted by Gasteiger charge is 2.19. The normalized spacial score (nSPS) is 11.2. The van der Waals surface area contributed by atoms with Crippen LogP contribution < -0.4 is 4.72 Å². The Morgan fingerprint density at radius 1 is 1.14 bits per heavy atom. The third-order valence-electron chi connectivity index (χ3n) is 3.11. The van der Waals surface area contributed by atoms with Crippen molar-refractivity contribution in [2.75, 3.05) is 4.72 Å². The number of aryl methyl sites for hydroxylation is 2. The number of carboxylic acid groups (broad SMARTS) is 1. The molecule has 0 saturated heterocycles. The molecule has 2 rings (SSSR count). The summed E-state index contributed by atoms with van der Waals surface area (Å²) >= 11 is 3.32. The lowest BCUT2D eigenvalue weighted by Gasteiger charge is -2.12. The zero-order chi connectivity index (χ0) is 16.5. The molecule has 5 nitrogen and oxygen atoms in total. The predicted molar refractivity (Wildman–Crippen MR) is 87.8 cm³/mol. The van der Waals surface area contributed by atoms with Gasteiger partial charge in [0, 0.05) is 10.2 Å². The highest BCUT2D eigenvalue weighted by molar-refractivity contribution is 9.10. The maximum absolute atomic E-state index is 12.5. The summed E-state index contributed by atoms with van der Waals surface area (Å²) < 4.78 is 28.1. The summed E-state index contributed by atoms with van der Waals surface area (Å²) in [5.41, 5.74) is 1.77. The lowest BCUT2D eigenvalue weighted by molar-refractivity contribution is 0.0697. The third kappa shape index (κ3) is 3.48. The summed E-state index contributed by atoms with van der Waals surface area (Å²) in [7, 11) is -3.80. The van der Waals surface area contributed by atoms with Crippen LogP contribution in [-0.2, 0) is 10.0 Å². The Bertz CT molecular complexity index is 847. The van der Waals surface area contributed by atoms with E-state index in [1.165, 1.54) is 30.3 Å². The number of sulfonamides is 1. The van der Waals surface area contributed by atoms with Gasteiger partial charge < -0.3 is 5.11 Å². The van der Waals surface area contributed by atoms with Crippen molar-refractivity contribution in [3.8, 4) is 0 Å². The summed E-state index contributed by atoms with van der Waals surface area (Å²) in [6.45, 7) is 3.58. The third-order valence-corrected chi connectivity index (χ3v) is 5.49. The molecule has 0 saturated carbocycles. The number of carboxylic acids is 1. The number of carbonyl (C=O) groups is 1. The van der Waals surface area contributed by atoms with Crippen LogP contribution >= 0.6 is 15.9 Å². The summed E-state index contributed by atoms with van der Waals surface area (Å²) in [5, 5.41) is 8.95. The van der Waals surface area contributed by atoms with Crippen molar-refractivity contribution >= 4 is 37.6 Å². The first-order chi connectivity index (χ1) is 10.2. The van der Waals surface area contributed by atoms with Gasteiger partial charge in [-0.3, -0.25) is 4.72 Å². The fraction of sp³-hybridized carbons (Fsp3) is 0.133. The lowest BCUT2D eigenvalue weighted by Crippen LogP contribution is -2.15. The number of halogens is 1. The van der Waals surface area contributed by atoms with Crippen molar-refractivity contribution in [3.05, 3.63) is 57.6 Å².